The topological polar surface area (TPSA) is 35.5 Å². The van der Waals surface area contributed by atoms with Gasteiger partial charge in [0.2, 0.25) is 0 Å². The summed E-state index contributed by atoms with van der Waals surface area (Å²) in [5.74, 6) is 0.468. The van der Waals surface area contributed by atoms with Gasteiger partial charge in [-0.2, -0.15) is 0 Å². The molecule has 0 amide bonds. The van der Waals surface area contributed by atoms with Crippen LogP contribution in [-0.2, 0) is 4.74 Å². The number of fused-ring (bicyclic) bond motifs is 1. The van der Waals surface area contributed by atoms with Crippen LogP contribution < -0.4 is 4.74 Å². The van der Waals surface area contributed by atoms with E-state index >= 15 is 0 Å². The van der Waals surface area contributed by atoms with Crippen molar-refractivity contribution in [3.05, 3.63) is 48.5 Å². The number of carbonyl (C=O) groups is 1. The quantitative estimate of drug-likeness (QED) is 0.581. The number of methoxy groups -OCH3 is 1. The Hall–Kier alpha value is -2.29. The third-order valence-corrected chi connectivity index (χ3v) is 2.44. The summed E-state index contributed by atoms with van der Waals surface area (Å²) in [4.78, 5) is 11.0. The number of rotatable bonds is 2. The molecule has 0 heterocycles. The van der Waals surface area contributed by atoms with Crippen molar-refractivity contribution in [3.63, 3.8) is 0 Å². The molecule has 86 valence electrons. The number of carbonyl (C=O) groups excluding carboxylic acids is 1. The van der Waals surface area contributed by atoms with Gasteiger partial charge in [-0.25, -0.2) is 4.79 Å². The Morgan fingerprint density at radius 3 is 2.59 bits per heavy atom. The summed E-state index contributed by atoms with van der Waals surface area (Å²) in [6.45, 7) is 3.72. The van der Waals surface area contributed by atoms with Crippen LogP contribution in [0.2, 0.25) is 0 Å². The van der Waals surface area contributed by atoms with Crippen molar-refractivity contribution in [1.29, 1.82) is 0 Å². The van der Waals surface area contributed by atoms with Crippen molar-refractivity contribution in [2.45, 2.75) is 0 Å². The minimum absolute atomic E-state index is 0.468. The van der Waals surface area contributed by atoms with Crippen molar-refractivity contribution in [3.8, 4) is 5.75 Å². The molecule has 0 N–H and O–H groups in total. The molecule has 0 unspecified atom stereocenters. The first-order valence-corrected chi connectivity index (χ1v) is 5.15. The minimum atomic E-state index is -0.716. The van der Waals surface area contributed by atoms with E-state index in [2.05, 4.69) is 11.3 Å². The molecule has 3 nitrogen and oxygen atoms in total. The largest absolute Gasteiger partial charge is 0.513 e. The second kappa shape index (κ2) is 4.70. The lowest BCUT2D eigenvalue weighted by Gasteiger charge is -2.04. The minimum Gasteiger partial charge on any atom is -0.437 e. The maximum atomic E-state index is 11.0. The van der Waals surface area contributed by atoms with Gasteiger partial charge in [-0.1, -0.05) is 30.9 Å². The molecule has 0 spiro atoms. The van der Waals surface area contributed by atoms with Crippen LogP contribution in [0, 0.1) is 0 Å². The normalized spacial score (nSPS) is 9.94. The fourth-order valence-electron chi connectivity index (χ4n) is 1.57. The zero-order valence-electron chi connectivity index (χ0n) is 9.47. The molecule has 0 saturated heterocycles. The fourth-order valence-corrected chi connectivity index (χ4v) is 1.57. The molecule has 0 atom stereocenters. The Labute approximate surface area is 99.3 Å². The molecule has 2 aromatic rings. The summed E-state index contributed by atoms with van der Waals surface area (Å²) < 4.78 is 9.38. The SMILES string of the molecule is C=Cc1ccc2cc(OC(=O)OC)ccc2c1. The number of hydrogen-bond acceptors (Lipinski definition) is 3. The van der Waals surface area contributed by atoms with E-state index in [0.29, 0.717) is 5.75 Å². The molecule has 3 heteroatoms. The van der Waals surface area contributed by atoms with E-state index in [-0.39, 0.29) is 0 Å². The van der Waals surface area contributed by atoms with Crippen LogP contribution >= 0.6 is 0 Å². The van der Waals surface area contributed by atoms with Crippen LogP contribution in [0.1, 0.15) is 5.56 Å². The number of ether oxygens (including phenoxy) is 2. The van der Waals surface area contributed by atoms with E-state index in [1.165, 1.54) is 7.11 Å². The first kappa shape index (κ1) is 11.2. The van der Waals surface area contributed by atoms with Crippen LogP contribution in [0.5, 0.6) is 5.75 Å². The van der Waals surface area contributed by atoms with E-state index in [0.717, 1.165) is 16.3 Å². The second-order valence-corrected chi connectivity index (χ2v) is 3.53. The van der Waals surface area contributed by atoms with Gasteiger partial charge in [0.1, 0.15) is 5.75 Å². The summed E-state index contributed by atoms with van der Waals surface area (Å²) in [6.07, 6.45) is 1.07. The van der Waals surface area contributed by atoms with E-state index in [1.54, 1.807) is 18.2 Å². The summed E-state index contributed by atoms with van der Waals surface area (Å²) in [5, 5.41) is 2.07. The molecule has 17 heavy (non-hydrogen) atoms. The van der Waals surface area contributed by atoms with Gasteiger partial charge >= 0.3 is 6.16 Å². The summed E-state index contributed by atoms with van der Waals surface area (Å²) in [7, 11) is 1.28. The zero-order valence-corrected chi connectivity index (χ0v) is 9.47. The molecule has 0 aliphatic heterocycles. The highest BCUT2D eigenvalue weighted by atomic mass is 16.7. The lowest BCUT2D eigenvalue weighted by Crippen LogP contribution is -2.06. The third-order valence-electron chi connectivity index (χ3n) is 2.44. The summed E-state index contributed by atoms with van der Waals surface area (Å²) >= 11 is 0. The van der Waals surface area contributed by atoms with E-state index in [4.69, 9.17) is 4.74 Å². The Kier molecular flexibility index (Phi) is 3.10. The zero-order chi connectivity index (χ0) is 12.3. The molecule has 0 aromatic heterocycles. The highest BCUT2D eigenvalue weighted by Gasteiger charge is 2.04. The van der Waals surface area contributed by atoms with E-state index in [1.807, 2.05) is 24.3 Å². The molecular weight excluding hydrogens is 216 g/mol. The van der Waals surface area contributed by atoms with Gasteiger partial charge in [0.25, 0.3) is 0 Å². The number of hydrogen-bond donors (Lipinski definition) is 0. The number of benzene rings is 2. The Bertz CT molecular complexity index is 573. The van der Waals surface area contributed by atoms with E-state index < -0.39 is 6.16 Å². The fraction of sp³-hybridized carbons (Fsp3) is 0.0714. The molecule has 0 saturated carbocycles. The second-order valence-electron chi connectivity index (χ2n) is 3.53. The summed E-state index contributed by atoms with van der Waals surface area (Å²) in [5.41, 5.74) is 1.05. The molecular formula is C14H12O3. The van der Waals surface area contributed by atoms with Crippen LogP contribution in [0.4, 0.5) is 4.79 Å². The molecule has 0 aliphatic carbocycles. The van der Waals surface area contributed by atoms with Gasteiger partial charge in [-0.15, -0.1) is 0 Å². The van der Waals surface area contributed by atoms with Crippen molar-refractivity contribution in [1.82, 2.24) is 0 Å². The highest BCUT2D eigenvalue weighted by molar-refractivity contribution is 5.86. The lowest BCUT2D eigenvalue weighted by molar-refractivity contribution is 0.121. The van der Waals surface area contributed by atoms with Gasteiger partial charge in [0.15, 0.2) is 0 Å². The van der Waals surface area contributed by atoms with Crippen LogP contribution in [-0.4, -0.2) is 13.3 Å². The highest BCUT2D eigenvalue weighted by Crippen LogP contribution is 2.22. The van der Waals surface area contributed by atoms with Crippen LogP contribution in [0.25, 0.3) is 16.8 Å². The van der Waals surface area contributed by atoms with E-state index in [9.17, 15) is 4.79 Å². The summed E-state index contributed by atoms with van der Waals surface area (Å²) in [6, 6.07) is 11.3. The smallest absolute Gasteiger partial charge is 0.437 e. The van der Waals surface area contributed by atoms with Crippen molar-refractivity contribution < 1.29 is 14.3 Å². The predicted molar refractivity (Wildman–Crippen MR) is 67.1 cm³/mol. The molecule has 0 bridgehead atoms. The molecule has 0 fully saturated rings. The van der Waals surface area contributed by atoms with Crippen molar-refractivity contribution >= 4 is 23.0 Å². The molecule has 0 aliphatic rings. The van der Waals surface area contributed by atoms with Gasteiger partial charge in [0.05, 0.1) is 7.11 Å². The van der Waals surface area contributed by atoms with Gasteiger partial charge in [-0.3, -0.25) is 0 Å². The van der Waals surface area contributed by atoms with Gasteiger partial charge < -0.3 is 9.47 Å². The molecule has 0 radical (unpaired) electrons. The maximum absolute atomic E-state index is 11.0. The standard InChI is InChI=1S/C14H12O3/c1-3-10-4-5-12-9-13(17-14(15)16-2)7-6-11(12)8-10/h3-9H,1H2,2H3. The third kappa shape index (κ3) is 2.45. The monoisotopic (exact) mass is 228 g/mol. The van der Waals surface area contributed by atoms with Crippen molar-refractivity contribution in [2.75, 3.05) is 7.11 Å². The molecule has 2 aromatic carbocycles. The average Bonchev–Trinajstić information content (AvgIpc) is 2.38. The first-order chi connectivity index (χ1) is 8.22. The van der Waals surface area contributed by atoms with Crippen LogP contribution in [0.15, 0.2) is 43.0 Å². The molecule has 2 rings (SSSR count). The Morgan fingerprint density at radius 1 is 1.18 bits per heavy atom. The lowest BCUT2D eigenvalue weighted by atomic mass is 10.1. The maximum Gasteiger partial charge on any atom is 0.513 e. The van der Waals surface area contributed by atoms with Crippen LogP contribution in [0.3, 0.4) is 0 Å². The first-order valence-electron chi connectivity index (χ1n) is 5.15. The van der Waals surface area contributed by atoms with Crippen molar-refractivity contribution in [2.24, 2.45) is 0 Å². The Balaban J connectivity index is 2.37. The Morgan fingerprint density at radius 2 is 1.88 bits per heavy atom. The predicted octanol–water partition coefficient (Wildman–Crippen LogP) is 3.63. The average molecular weight is 228 g/mol. The van der Waals surface area contributed by atoms with Gasteiger partial charge in [0, 0.05) is 0 Å². The van der Waals surface area contributed by atoms with Gasteiger partial charge in [-0.05, 0) is 34.5 Å².